The number of rotatable bonds is 0. The van der Waals surface area contributed by atoms with Gasteiger partial charge in [-0.3, -0.25) is 9.59 Å². The highest BCUT2D eigenvalue weighted by Gasteiger charge is 2.70. The third-order valence-corrected chi connectivity index (χ3v) is 6.78. The quantitative estimate of drug-likeness (QED) is 0.631. The van der Waals surface area contributed by atoms with Crippen LogP contribution in [0.3, 0.4) is 0 Å². The first-order valence-electron chi connectivity index (χ1n) is 8.25. The summed E-state index contributed by atoms with van der Waals surface area (Å²) in [4.78, 5) is 25.5. The maximum absolute atomic E-state index is 12.9. The van der Waals surface area contributed by atoms with Crippen LogP contribution in [0.4, 0.5) is 0 Å². The van der Waals surface area contributed by atoms with Gasteiger partial charge in [-0.2, -0.15) is 0 Å². The topological polar surface area (TPSA) is 34.1 Å². The first-order chi connectivity index (χ1) is 9.75. The molecule has 0 aliphatic heterocycles. The third kappa shape index (κ3) is 1.03. The zero-order chi connectivity index (χ0) is 13.5. The Bertz CT molecular complexity index is 609. The first-order valence-corrected chi connectivity index (χ1v) is 8.25. The smallest absolute Gasteiger partial charge is 0.160 e. The second-order valence-corrected chi connectivity index (χ2v) is 7.37. The van der Waals surface area contributed by atoms with Crippen molar-refractivity contribution in [1.82, 2.24) is 0 Å². The molecule has 0 aromatic heterocycles. The molecule has 2 nitrogen and oxygen atoms in total. The Morgan fingerprint density at radius 2 is 1.70 bits per heavy atom. The van der Waals surface area contributed by atoms with Gasteiger partial charge in [-0.15, -0.1) is 0 Å². The van der Waals surface area contributed by atoms with Crippen molar-refractivity contribution in [2.45, 2.75) is 51.4 Å². The normalized spacial score (nSPS) is 45.4. The monoisotopic (exact) mass is 268 g/mol. The van der Waals surface area contributed by atoms with Gasteiger partial charge in [-0.25, -0.2) is 0 Å². The molecule has 4 atom stereocenters. The molecule has 5 aliphatic carbocycles. The molecule has 2 heteroatoms. The summed E-state index contributed by atoms with van der Waals surface area (Å²) in [5.41, 5.74) is 4.17. The first kappa shape index (κ1) is 11.5. The van der Waals surface area contributed by atoms with Crippen molar-refractivity contribution in [2.75, 3.05) is 0 Å². The summed E-state index contributed by atoms with van der Waals surface area (Å²) in [6, 6.07) is 0. The van der Waals surface area contributed by atoms with Crippen LogP contribution in [-0.4, -0.2) is 11.6 Å². The largest absolute Gasteiger partial charge is 0.298 e. The highest BCUT2D eigenvalue weighted by molar-refractivity contribution is 6.08. The highest BCUT2D eigenvalue weighted by atomic mass is 16.1. The lowest BCUT2D eigenvalue weighted by atomic mass is 9.57. The van der Waals surface area contributed by atoms with Crippen LogP contribution >= 0.6 is 0 Å². The average Bonchev–Trinajstić information content (AvgIpc) is 3.00. The molecule has 0 amide bonds. The number of Topliss-reactive ketones (excluding diaryl/α,β-unsaturated/α-hetero) is 1. The van der Waals surface area contributed by atoms with E-state index in [1.54, 1.807) is 0 Å². The van der Waals surface area contributed by atoms with Gasteiger partial charge in [-0.1, -0.05) is 23.1 Å². The molecule has 5 rings (SSSR count). The van der Waals surface area contributed by atoms with E-state index in [1.807, 2.05) is 6.08 Å². The maximum Gasteiger partial charge on any atom is 0.160 e. The van der Waals surface area contributed by atoms with Gasteiger partial charge in [0.1, 0.15) is 5.78 Å². The van der Waals surface area contributed by atoms with Crippen LogP contribution in [0.15, 0.2) is 22.8 Å². The van der Waals surface area contributed by atoms with E-state index >= 15 is 0 Å². The van der Waals surface area contributed by atoms with Gasteiger partial charge < -0.3 is 0 Å². The molecule has 0 radical (unpaired) electrons. The Labute approximate surface area is 119 Å². The SMILES string of the molecule is O=C1[C@H]2C3=C(CCCC3)[C@H]1[C@]13CCCCC1=CC(=O)[C@H]23. The van der Waals surface area contributed by atoms with E-state index in [2.05, 4.69) is 0 Å². The molecule has 0 saturated heterocycles. The molecule has 104 valence electrons. The lowest BCUT2D eigenvalue weighted by Gasteiger charge is -2.45. The molecule has 0 N–H and O–H groups in total. The van der Waals surface area contributed by atoms with Crippen molar-refractivity contribution in [2.24, 2.45) is 23.2 Å². The van der Waals surface area contributed by atoms with Gasteiger partial charge in [0.05, 0.1) is 5.92 Å². The third-order valence-electron chi connectivity index (χ3n) is 6.78. The van der Waals surface area contributed by atoms with E-state index in [0.717, 1.165) is 25.7 Å². The van der Waals surface area contributed by atoms with Crippen LogP contribution in [-0.2, 0) is 9.59 Å². The summed E-state index contributed by atoms with van der Waals surface area (Å²) in [5, 5.41) is 0. The standard InChI is InChI=1S/C18H20O2/c19-13-9-10-5-3-4-8-18(10)15-12-7-2-1-6-11(12)14(16(13)18)17(15)20/h9,14-16H,1-8H2/t14-,15+,16+,18-/m0/s1. The molecule has 2 saturated carbocycles. The van der Waals surface area contributed by atoms with Crippen molar-refractivity contribution in [1.29, 1.82) is 0 Å². The van der Waals surface area contributed by atoms with Crippen LogP contribution in [0.1, 0.15) is 51.4 Å². The Morgan fingerprint density at radius 3 is 2.55 bits per heavy atom. The Morgan fingerprint density at radius 1 is 0.950 bits per heavy atom. The fourth-order valence-corrected chi connectivity index (χ4v) is 6.26. The van der Waals surface area contributed by atoms with E-state index in [1.165, 1.54) is 42.4 Å². The van der Waals surface area contributed by atoms with E-state index in [9.17, 15) is 9.59 Å². The van der Waals surface area contributed by atoms with E-state index in [0.29, 0.717) is 5.78 Å². The molecule has 0 aromatic rings. The van der Waals surface area contributed by atoms with Crippen molar-refractivity contribution in [3.05, 3.63) is 22.8 Å². The predicted octanol–water partition coefficient (Wildman–Crippen LogP) is 3.37. The molecule has 1 spiro atoms. The fourth-order valence-electron chi connectivity index (χ4n) is 6.26. The lowest BCUT2D eigenvalue weighted by Crippen LogP contribution is -2.40. The average molecular weight is 268 g/mol. The molecule has 0 aromatic carbocycles. The number of hydrogen-bond acceptors (Lipinski definition) is 2. The summed E-state index contributed by atoms with van der Waals surface area (Å²) >= 11 is 0. The van der Waals surface area contributed by atoms with E-state index in [-0.39, 0.29) is 29.0 Å². The van der Waals surface area contributed by atoms with E-state index in [4.69, 9.17) is 0 Å². The van der Waals surface area contributed by atoms with Crippen molar-refractivity contribution in [3.63, 3.8) is 0 Å². The second-order valence-electron chi connectivity index (χ2n) is 7.37. The Kier molecular flexibility index (Phi) is 2.02. The number of fused-ring (bicyclic) bond motifs is 5. The molecule has 0 unspecified atom stereocenters. The number of allylic oxidation sites excluding steroid dienone is 4. The van der Waals surface area contributed by atoms with Crippen molar-refractivity contribution >= 4 is 11.6 Å². The maximum atomic E-state index is 12.9. The summed E-state index contributed by atoms with van der Waals surface area (Å²) in [6.07, 6.45) is 11.1. The lowest BCUT2D eigenvalue weighted by molar-refractivity contribution is -0.124. The van der Waals surface area contributed by atoms with Crippen LogP contribution in [0.2, 0.25) is 0 Å². The predicted molar refractivity (Wildman–Crippen MR) is 75.0 cm³/mol. The van der Waals surface area contributed by atoms with Crippen LogP contribution < -0.4 is 0 Å². The van der Waals surface area contributed by atoms with Gasteiger partial charge in [0.15, 0.2) is 5.78 Å². The highest BCUT2D eigenvalue weighted by Crippen LogP contribution is 2.70. The van der Waals surface area contributed by atoms with Gasteiger partial charge in [0.2, 0.25) is 0 Å². The van der Waals surface area contributed by atoms with Crippen LogP contribution in [0.25, 0.3) is 0 Å². The fraction of sp³-hybridized carbons (Fsp3) is 0.667. The minimum absolute atomic E-state index is 0.00662. The number of carbonyl (C=O) groups is 2. The van der Waals surface area contributed by atoms with Crippen molar-refractivity contribution < 1.29 is 9.59 Å². The molecular weight excluding hydrogens is 248 g/mol. The summed E-state index contributed by atoms with van der Waals surface area (Å²) in [6.45, 7) is 0. The number of carbonyl (C=O) groups excluding carboxylic acids is 2. The Hall–Kier alpha value is -1.18. The zero-order valence-electron chi connectivity index (χ0n) is 11.8. The second kappa shape index (κ2) is 3.52. The minimum Gasteiger partial charge on any atom is -0.298 e. The molecule has 2 bridgehead atoms. The van der Waals surface area contributed by atoms with Gasteiger partial charge >= 0.3 is 0 Å². The van der Waals surface area contributed by atoms with Crippen molar-refractivity contribution in [3.8, 4) is 0 Å². The van der Waals surface area contributed by atoms with E-state index < -0.39 is 0 Å². The molecule has 2 fully saturated rings. The van der Waals surface area contributed by atoms with Gasteiger partial charge in [-0.05, 0) is 51.0 Å². The summed E-state index contributed by atoms with van der Waals surface area (Å²) < 4.78 is 0. The zero-order valence-corrected chi connectivity index (χ0v) is 11.8. The molecule has 5 aliphatic rings. The molecule has 0 heterocycles. The number of ketones is 2. The van der Waals surface area contributed by atoms with Crippen LogP contribution in [0, 0.1) is 23.2 Å². The van der Waals surface area contributed by atoms with Crippen LogP contribution in [0.5, 0.6) is 0 Å². The summed E-state index contributed by atoms with van der Waals surface area (Å²) in [5.74, 6) is 0.787. The molecule has 20 heavy (non-hydrogen) atoms. The minimum atomic E-state index is -0.0484. The number of hydrogen-bond donors (Lipinski definition) is 0. The van der Waals surface area contributed by atoms with Gasteiger partial charge in [0.25, 0.3) is 0 Å². The Balaban J connectivity index is 1.74. The summed E-state index contributed by atoms with van der Waals surface area (Å²) in [7, 11) is 0. The van der Waals surface area contributed by atoms with Gasteiger partial charge in [0, 0.05) is 17.3 Å². The molecular formula is C18H20O2.